The first-order valence-electron chi connectivity index (χ1n) is 4.15. The fraction of sp³-hybridized carbons (Fsp3) is 0. The molecule has 0 unspecified atom stereocenters. The standard InChI is InChI=1S/2C5H5.4CO.2Fe/c2*1-2-4-5-3-1;4*1-2;;/h2*1-5H;;;;;;. The summed E-state index contributed by atoms with van der Waals surface area (Å²) in [5.74, 6) is 0. The van der Waals surface area contributed by atoms with Crippen LogP contribution >= 0.6 is 0 Å². The average molecular weight is 354 g/mol. The maximum absolute atomic E-state index is 7.50. The summed E-state index contributed by atoms with van der Waals surface area (Å²) in [6.45, 7) is 18.0. The molecular weight excluding hydrogens is 344 g/mol. The summed E-state index contributed by atoms with van der Waals surface area (Å²) in [4.78, 5) is 0. The number of hydrogen-bond donors (Lipinski definition) is 0. The molecule has 0 aromatic carbocycles. The van der Waals surface area contributed by atoms with Gasteiger partial charge in [0.05, 0.1) is 0 Å². The Labute approximate surface area is 143 Å². The molecule has 6 heteroatoms. The van der Waals surface area contributed by atoms with Crippen LogP contribution in [0.4, 0.5) is 0 Å². The quantitative estimate of drug-likeness (QED) is 0.362. The van der Waals surface area contributed by atoms with E-state index in [-0.39, 0.29) is 34.1 Å². The van der Waals surface area contributed by atoms with E-state index in [1.165, 1.54) is 0 Å². The Hall–Kier alpha value is -0.00104. The molecule has 106 valence electrons. The van der Waals surface area contributed by atoms with Gasteiger partial charge in [-0.2, -0.15) is 0 Å². The van der Waals surface area contributed by atoms with E-state index in [0.717, 1.165) is 0 Å². The monoisotopic (exact) mass is 354 g/mol. The van der Waals surface area contributed by atoms with E-state index in [4.69, 9.17) is 18.6 Å². The minimum Gasteiger partial charge on any atom is -0.0312 e. The van der Waals surface area contributed by atoms with E-state index in [1.54, 1.807) is 0 Å². The molecule has 10 radical (unpaired) electrons. The van der Waals surface area contributed by atoms with E-state index < -0.39 is 0 Å². The maximum Gasteiger partial charge on any atom is 0 e. The Kier molecular flexibility index (Phi) is 113. The van der Waals surface area contributed by atoms with Crippen molar-refractivity contribution in [3.63, 3.8) is 0 Å². The predicted molar refractivity (Wildman–Crippen MR) is 58.7 cm³/mol. The van der Waals surface area contributed by atoms with Crippen molar-refractivity contribution in [2.45, 2.75) is 0 Å². The van der Waals surface area contributed by atoms with Crippen LogP contribution in [-0.4, -0.2) is 0 Å². The largest absolute Gasteiger partial charge is 0.0312 e. The van der Waals surface area contributed by atoms with Gasteiger partial charge in [-0.3, -0.25) is 0 Å². The zero-order valence-corrected chi connectivity index (χ0v) is 12.3. The molecule has 0 amide bonds. The van der Waals surface area contributed by atoms with E-state index in [2.05, 4.69) is 26.6 Å². The molecule has 0 bridgehead atoms. The van der Waals surface area contributed by atoms with E-state index >= 15 is 0 Å². The van der Waals surface area contributed by atoms with Gasteiger partial charge in [0.2, 0.25) is 0 Å². The molecule has 0 saturated heterocycles. The number of rotatable bonds is 0. The first-order valence-corrected chi connectivity index (χ1v) is 4.15. The van der Waals surface area contributed by atoms with Gasteiger partial charge in [0.25, 0.3) is 0 Å². The van der Waals surface area contributed by atoms with Gasteiger partial charge in [0, 0.05) is 34.1 Å². The third-order valence-electron chi connectivity index (χ3n) is 1.11. The molecule has 2 aliphatic carbocycles. The summed E-state index contributed by atoms with van der Waals surface area (Å²) >= 11 is 0. The van der Waals surface area contributed by atoms with Gasteiger partial charge in [-0.15, -0.1) is 0 Å². The molecular formula is C14H10Fe2O4. The third kappa shape index (κ3) is 52.0. The van der Waals surface area contributed by atoms with Crippen LogP contribution in [0.2, 0.25) is 0 Å². The second kappa shape index (κ2) is 61.6. The van der Waals surface area contributed by atoms with E-state index in [1.807, 2.05) is 64.2 Å². The van der Waals surface area contributed by atoms with E-state index in [0.29, 0.717) is 0 Å². The predicted octanol–water partition coefficient (Wildman–Crippen LogP) is 1.89. The molecule has 0 spiro atoms. The smallest absolute Gasteiger partial charge is 0 e. The van der Waals surface area contributed by atoms with Gasteiger partial charge >= 0.3 is 45.2 Å². The zero-order chi connectivity index (χ0) is 15.1. The van der Waals surface area contributed by atoms with Crippen molar-refractivity contribution in [1.82, 2.24) is 0 Å². The molecule has 0 atom stereocenters. The van der Waals surface area contributed by atoms with Crippen molar-refractivity contribution in [3.8, 4) is 0 Å². The van der Waals surface area contributed by atoms with Crippen LogP contribution in [0.1, 0.15) is 0 Å². The SMILES string of the molecule is [C-]#[O+].[C-]#[O+].[C-]#[O+].[C-]#[O+].[CH]1[CH][CH][CH][CH]1.[CH]1[CH][CH][CH][CH]1.[Fe].[Fe]. The Balaban J connectivity index is -0.0000000311. The summed E-state index contributed by atoms with van der Waals surface area (Å²) in [7, 11) is 0. The summed E-state index contributed by atoms with van der Waals surface area (Å²) in [6.07, 6.45) is 20.0. The zero-order valence-electron chi connectivity index (χ0n) is 10.1. The van der Waals surface area contributed by atoms with Gasteiger partial charge in [-0.25, -0.2) is 0 Å². The van der Waals surface area contributed by atoms with Gasteiger partial charge in [0.1, 0.15) is 0 Å². The van der Waals surface area contributed by atoms with Crippen LogP contribution in [0, 0.1) is 90.8 Å². The van der Waals surface area contributed by atoms with E-state index in [9.17, 15) is 0 Å². The van der Waals surface area contributed by atoms with Crippen molar-refractivity contribution in [2.75, 3.05) is 0 Å². The van der Waals surface area contributed by atoms with Crippen LogP contribution in [0.15, 0.2) is 0 Å². The molecule has 2 rings (SSSR count). The molecule has 0 heterocycles. The summed E-state index contributed by atoms with van der Waals surface area (Å²) in [5.41, 5.74) is 0. The Bertz CT molecular complexity index is 143. The van der Waals surface area contributed by atoms with Crippen molar-refractivity contribution in [1.29, 1.82) is 0 Å². The topological polar surface area (TPSA) is 79.6 Å². The van der Waals surface area contributed by atoms with Crippen molar-refractivity contribution in [3.05, 3.63) is 90.8 Å². The normalized spacial score (nSPS) is 12.4. The first-order chi connectivity index (χ1) is 9.00. The third-order valence-corrected chi connectivity index (χ3v) is 1.11. The maximum atomic E-state index is 7.50. The molecule has 0 aromatic rings. The molecule has 2 saturated carbocycles. The Morgan fingerprint density at radius 2 is 0.350 bits per heavy atom. The number of hydrogen-bond acceptors (Lipinski definition) is 0. The van der Waals surface area contributed by atoms with Gasteiger partial charge in [-0.05, 0) is 64.2 Å². The van der Waals surface area contributed by atoms with Gasteiger partial charge in [-0.1, -0.05) is 0 Å². The Morgan fingerprint density at radius 1 is 0.300 bits per heavy atom. The fourth-order valence-corrected chi connectivity index (χ4v) is 0.642. The van der Waals surface area contributed by atoms with Crippen molar-refractivity contribution < 1.29 is 52.7 Å². The first kappa shape index (κ1) is 36.8. The molecule has 2 aliphatic rings. The summed E-state index contributed by atoms with van der Waals surface area (Å²) < 4.78 is 30.0. The second-order valence-electron chi connectivity index (χ2n) is 1.92. The molecule has 0 aliphatic heterocycles. The van der Waals surface area contributed by atoms with Crippen molar-refractivity contribution >= 4 is 0 Å². The van der Waals surface area contributed by atoms with Crippen molar-refractivity contribution in [2.24, 2.45) is 0 Å². The van der Waals surface area contributed by atoms with Crippen LogP contribution in [-0.2, 0) is 52.7 Å². The van der Waals surface area contributed by atoms with Gasteiger partial charge in [0.15, 0.2) is 0 Å². The molecule has 4 nitrogen and oxygen atoms in total. The molecule has 20 heavy (non-hydrogen) atoms. The fourth-order valence-electron chi connectivity index (χ4n) is 0.642. The second-order valence-corrected chi connectivity index (χ2v) is 1.92. The minimum atomic E-state index is 0. The molecule has 0 aromatic heterocycles. The van der Waals surface area contributed by atoms with Crippen LogP contribution < -0.4 is 0 Å². The molecule has 0 N–H and O–H groups in total. The Morgan fingerprint density at radius 3 is 0.400 bits per heavy atom. The van der Waals surface area contributed by atoms with Crippen LogP contribution in [0.25, 0.3) is 0 Å². The molecule has 2 fully saturated rings. The van der Waals surface area contributed by atoms with Crippen LogP contribution in [0.5, 0.6) is 0 Å². The summed E-state index contributed by atoms with van der Waals surface area (Å²) in [6, 6.07) is 0. The summed E-state index contributed by atoms with van der Waals surface area (Å²) in [5, 5.41) is 0. The average Bonchev–Trinajstić information content (AvgIpc) is 3.25. The van der Waals surface area contributed by atoms with Gasteiger partial charge < -0.3 is 0 Å². The van der Waals surface area contributed by atoms with Crippen LogP contribution in [0.3, 0.4) is 0 Å². The minimum absolute atomic E-state index is 0.